The van der Waals surface area contributed by atoms with Gasteiger partial charge in [-0.2, -0.15) is 0 Å². The van der Waals surface area contributed by atoms with Crippen LogP contribution in [0, 0.1) is 0 Å². The number of rotatable bonds is 2. The topological polar surface area (TPSA) is 48.0 Å². The molecule has 2 aliphatic heterocycles. The molecule has 118 valence electrons. The largest absolute Gasteiger partial charge is 0.483 e. The normalized spacial score (nSPS) is 15.9. The van der Waals surface area contributed by atoms with Crippen LogP contribution < -0.4 is 14.2 Å². The van der Waals surface area contributed by atoms with Crippen molar-refractivity contribution in [3.8, 4) is 17.2 Å². The monoisotopic (exact) mass is 375 g/mol. The van der Waals surface area contributed by atoms with Crippen LogP contribution in [0.3, 0.4) is 0 Å². The van der Waals surface area contributed by atoms with E-state index >= 15 is 0 Å². The number of hydrogen-bond acceptors (Lipinski definition) is 4. The van der Waals surface area contributed by atoms with Crippen LogP contribution in [0.2, 0.25) is 0 Å². The molecule has 0 aromatic heterocycles. The number of carbonyl (C=O) groups is 1. The summed E-state index contributed by atoms with van der Waals surface area (Å²) in [5.74, 6) is 2.20. The van der Waals surface area contributed by atoms with Crippen LogP contribution in [0.15, 0.2) is 40.9 Å². The molecule has 5 nitrogen and oxygen atoms in total. The van der Waals surface area contributed by atoms with Gasteiger partial charge in [0.25, 0.3) is 5.91 Å². The number of halogens is 1. The van der Waals surface area contributed by atoms with Crippen molar-refractivity contribution in [1.29, 1.82) is 0 Å². The number of hydrogen-bond donors (Lipinski definition) is 0. The van der Waals surface area contributed by atoms with E-state index in [9.17, 15) is 4.79 Å². The van der Waals surface area contributed by atoms with Crippen molar-refractivity contribution in [3.05, 3.63) is 52.0 Å². The van der Waals surface area contributed by atoms with E-state index in [0.717, 1.165) is 32.8 Å². The fraction of sp³-hybridized carbons (Fsp3) is 0.235. The van der Waals surface area contributed by atoms with Crippen molar-refractivity contribution in [2.75, 3.05) is 13.4 Å². The first kappa shape index (κ1) is 14.4. The maximum absolute atomic E-state index is 12.3. The first-order valence-electron chi connectivity index (χ1n) is 7.26. The molecule has 0 saturated carbocycles. The van der Waals surface area contributed by atoms with E-state index in [1.807, 2.05) is 36.4 Å². The van der Waals surface area contributed by atoms with Gasteiger partial charge in [0.05, 0.1) is 0 Å². The molecule has 4 rings (SSSR count). The van der Waals surface area contributed by atoms with Crippen molar-refractivity contribution >= 4 is 21.8 Å². The highest BCUT2D eigenvalue weighted by atomic mass is 79.9. The first-order valence-corrected chi connectivity index (χ1v) is 8.06. The van der Waals surface area contributed by atoms with Crippen LogP contribution in [0.4, 0.5) is 0 Å². The molecule has 0 aliphatic carbocycles. The number of ether oxygens (including phenoxy) is 3. The van der Waals surface area contributed by atoms with E-state index in [4.69, 9.17) is 14.2 Å². The van der Waals surface area contributed by atoms with Crippen LogP contribution in [-0.2, 0) is 17.9 Å². The Kier molecular flexibility index (Phi) is 3.61. The molecule has 0 spiro atoms. The van der Waals surface area contributed by atoms with Gasteiger partial charge in [-0.15, -0.1) is 0 Å². The average molecular weight is 376 g/mol. The Hall–Kier alpha value is -2.21. The molecular weight excluding hydrogens is 362 g/mol. The SMILES string of the molecule is O=C1COc2ccc(Br)cc2CN1Cc1ccc2c(c1)OCO2. The van der Waals surface area contributed by atoms with Gasteiger partial charge in [0.15, 0.2) is 18.1 Å². The molecule has 2 aliphatic rings. The lowest BCUT2D eigenvalue weighted by Crippen LogP contribution is -2.31. The van der Waals surface area contributed by atoms with Crippen molar-refractivity contribution in [2.45, 2.75) is 13.1 Å². The zero-order valence-electron chi connectivity index (χ0n) is 12.3. The van der Waals surface area contributed by atoms with Crippen molar-refractivity contribution in [1.82, 2.24) is 4.90 Å². The van der Waals surface area contributed by atoms with Gasteiger partial charge in [-0.25, -0.2) is 0 Å². The molecule has 6 heteroatoms. The quantitative estimate of drug-likeness (QED) is 0.808. The highest BCUT2D eigenvalue weighted by molar-refractivity contribution is 9.10. The maximum Gasteiger partial charge on any atom is 0.261 e. The molecule has 2 heterocycles. The predicted octanol–water partition coefficient (Wildman–Crippen LogP) is 3.10. The number of fused-ring (bicyclic) bond motifs is 2. The van der Waals surface area contributed by atoms with Gasteiger partial charge >= 0.3 is 0 Å². The summed E-state index contributed by atoms with van der Waals surface area (Å²) < 4.78 is 17.3. The Bertz CT molecular complexity index is 777. The van der Waals surface area contributed by atoms with Gasteiger partial charge in [0.2, 0.25) is 6.79 Å². The minimum Gasteiger partial charge on any atom is -0.483 e. The van der Waals surface area contributed by atoms with Gasteiger partial charge < -0.3 is 19.1 Å². The molecule has 2 aromatic carbocycles. The molecule has 0 saturated heterocycles. The fourth-order valence-electron chi connectivity index (χ4n) is 2.74. The number of benzene rings is 2. The summed E-state index contributed by atoms with van der Waals surface area (Å²) in [4.78, 5) is 14.1. The zero-order chi connectivity index (χ0) is 15.8. The van der Waals surface area contributed by atoms with Crippen molar-refractivity contribution < 1.29 is 19.0 Å². The minimum absolute atomic E-state index is 0.0324. The van der Waals surface area contributed by atoms with Gasteiger partial charge in [-0.05, 0) is 35.9 Å². The summed E-state index contributed by atoms with van der Waals surface area (Å²) in [6.45, 7) is 1.32. The second kappa shape index (κ2) is 5.77. The Morgan fingerprint density at radius 2 is 1.83 bits per heavy atom. The number of carbonyl (C=O) groups excluding carboxylic acids is 1. The summed E-state index contributed by atoms with van der Waals surface area (Å²) in [6.07, 6.45) is 0. The highest BCUT2D eigenvalue weighted by Gasteiger charge is 2.23. The van der Waals surface area contributed by atoms with E-state index in [0.29, 0.717) is 13.1 Å². The van der Waals surface area contributed by atoms with Gasteiger partial charge in [0, 0.05) is 23.1 Å². The second-order valence-corrected chi connectivity index (χ2v) is 6.39. The smallest absolute Gasteiger partial charge is 0.261 e. The van der Waals surface area contributed by atoms with E-state index in [2.05, 4.69) is 15.9 Å². The summed E-state index contributed by atoms with van der Waals surface area (Å²) >= 11 is 3.46. The molecule has 0 atom stereocenters. The van der Waals surface area contributed by atoms with Crippen LogP contribution in [0.25, 0.3) is 0 Å². The van der Waals surface area contributed by atoms with Crippen molar-refractivity contribution in [3.63, 3.8) is 0 Å². The Morgan fingerprint density at radius 1 is 1.00 bits per heavy atom. The third kappa shape index (κ3) is 2.86. The zero-order valence-corrected chi connectivity index (χ0v) is 13.8. The molecule has 0 radical (unpaired) electrons. The van der Waals surface area contributed by atoms with Gasteiger partial charge in [0.1, 0.15) is 5.75 Å². The molecule has 0 N–H and O–H groups in total. The molecule has 0 bridgehead atoms. The number of nitrogens with zero attached hydrogens (tertiary/aromatic N) is 1. The van der Waals surface area contributed by atoms with Crippen molar-refractivity contribution in [2.24, 2.45) is 0 Å². The lowest BCUT2D eigenvalue weighted by Gasteiger charge is -2.20. The van der Waals surface area contributed by atoms with Gasteiger partial charge in [-0.3, -0.25) is 4.79 Å². The second-order valence-electron chi connectivity index (χ2n) is 5.48. The Morgan fingerprint density at radius 3 is 2.74 bits per heavy atom. The Labute approximate surface area is 141 Å². The maximum atomic E-state index is 12.3. The van der Waals surface area contributed by atoms with Crippen LogP contribution >= 0.6 is 15.9 Å². The molecule has 0 unspecified atom stereocenters. The summed E-state index contributed by atoms with van der Waals surface area (Å²) in [6, 6.07) is 11.5. The third-order valence-electron chi connectivity index (χ3n) is 3.90. The fourth-order valence-corrected chi connectivity index (χ4v) is 3.15. The minimum atomic E-state index is -0.0324. The summed E-state index contributed by atoms with van der Waals surface area (Å²) in [7, 11) is 0. The molecule has 0 fully saturated rings. The van der Waals surface area contributed by atoms with Crippen LogP contribution in [-0.4, -0.2) is 24.2 Å². The third-order valence-corrected chi connectivity index (χ3v) is 4.39. The molecule has 1 amide bonds. The highest BCUT2D eigenvalue weighted by Crippen LogP contribution is 2.33. The average Bonchev–Trinajstić information content (AvgIpc) is 2.95. The summed E-state index contributed by atoms with van der Waals surface area (Å²) in [5.41, 5.74) is 1.99. The standard InChI is InChI=1S/C17H14BrNO4/c18-13-2-4-14-12(6-13)8-19(17(20)9-21-14)7-11-1-3-15-16(5-11)23-10-22-15/h1-6H,7-10H2. The summed E-state index contributed by atoms with van der Waals surface area (Å²) in [5, 5.41) is 0. The molecule has 23 heavy (non-hydrogen) atoms. The lowest BCUT2D eigenvalue weighted by atomic mass is 10.1. The molecule has 2 aromatic rings. The van der Waals surface area contributed by atoms with Gasteiger partial charge in [-0.1, -0.05) is 22.0 Å². The first-order chi connectivity index (χ1) is 11.2. The number of amides is 1. The van der Waals surface area contributed by atoms with E-state index in [-0.39, 0.29) is 19.3 Å². The van der Waals surface area contributed by atoms with E-state index in [1.54, 1.807) is 4.90 Å². The molecular formula is C17H14BrNO4. The van der Waals surface area contributed by atoms with E-state index < -0.39 is 0 Å². The predicted molar refractivity (Wildman–Crippen MR) is 86.5 cm³/mol. The lowest BCUT2D eigenvalue weighted by molar-refractivity contribution is -0.133. The van der Waals surface area contributed by atoms with E-state index in [1.165, 1.54) is 0 Å². The van der Waals surface area contributed by atoms with Crippen LogP contribution in [0.1, 0.15) is 11.1 Å². The van der Waals surface area contributed by atoms with Crippen LogP contribution in [0.5, 0.6) is 17.2 Å². The Balaban J connectivity index is 1.59.